The van der Waals surface area contributed by atoms with Gasteiger partial charge in [0.25, 0.3) is 0 Å². The number of anilines is 1. The summed E-state index contributed by atoms with van der Waals surface area (Å²) in [7, 11) is 0. The van der Waals surface area contributed by atoms with Crippen LogP contribution in [-0.2, 0) is 25.7 Å². The monoisotopic (exact) mass is 666 g/mol. The fourth-order valence-corrected chi connectivity index (χ4v) is 6.40. The van der Waals surface area contributed by atoms with Crippen molar-refractivity contribution in [3.05, 3.63) is 65.2 Å². The molecule has 0 unspecified atom stereocenters. The number of hydrogen-bond donors (Lipinski definition) is 3. The van der Waals surface area contributed by atoms with Gasteiger partial charge in [-0.05, 0) is 62.0 Å². The van der Waals surface area contributed by atoms with Crippen LogP contribution < -0.4 is 5.32 Å². The number of ether oxygens (including phenoxy) is 2. The van der Waals surface area contributed by atoms with Gasteiger partial charge in [-0.25, -0.2) is 0 Å². The van der Waals surface area contributed by atoms with Crippen LogP contribution in [-0.4, -0.2) is 52.7 Å². The number of carbonyl (C=O) groups is 2. The number of carboxylic acid groups (broad SMARTS) is 1. The fourth-order valence-electron chi connectivity index (χ4n) is 6.40. The Balaban J connectivity index is 1.71. The van der Waals surface area contributed by atoms with Gasteiger partial charge < -0.3 is 29.9 Å². The molecule has 0 spiro atoms. The van der Waals surface area contributed by atoms with E-state index in [2.05, 4.69) is 24.1 Å². The lowest BCUT2D eigenvalue weighted by Gasteiger charge is -2.38. The van der Waals surface area contributed by atoms with Crippen LogP contribution in [0.25, 0.3) is 0 Å². The first-order valence-corrected chi connectivity index (χ1v) is 18.8. The first-order chi connectivity index (χ1) is 23.4. The van der Waals surface area contributed by atoms with Crippen molar-refractivity contribution in [3.8, 4) is 0 Å². The van der Waals surface area contributed by atoms with Gasteiger partial charge in [-0.3, -0.25) is 9.59 Å². The quantitative estimate of drug-likeness (QED) is 0.0907. The Morgan fingerprint density at radius 2 is 1.40 bits per heavy atom. The minimum absolute atomic E-state index is 0.00405. The Kier molecular flexibility index (Phi) is 19.5. The first kappa shape index (κ1) is 39.7. The van der Waals surface area contributed by atoms with Crippen LogP contribution in [0.5, 0.6) is 0 Å². The second-order valence-electron chi connectivity index (χ2n) is 13.5. The van der Waals surface area contributed by atoms with E-state index in [0.717, 1.165) is 42.7 Å². The van der Waals surface area contributed by atoms with Crippen molar-refractivity contribution >= 4 is 17.6 Å². The highest BCUT2D eigenvalue weighted by Gasteiger charge is 2.33. The number of carboxylic acids is 1. The van der Waals surface area contributed by atoms with Crippen LogP contribution in [0.2, 0.25) is 0 Å². The summed E-state index contributed by atoms with van der Waals surface area (Å²) in [5.74, 6) is -0.979. The van der Waals surface area contributed by atoms with Gasteiger partial charge >= 0.3 is 5.97 Å². The lowest BCUT2D eigenvalue weighted by molar-refractivity contribution is -0.253. The van der Waals surface area contributed by atoms with E-state index in [1.807, 2.05) is 48.5 Å². The molecular weight excluding hydrogens is 604 g/mol. The molecule has 3 N–H and O–H groups in total. The highest BCUT2D eigenvalue weighted by molar-refractivity contribution is 5.90. The summed E-state index contributed by atoms with van der Waals surface area (Å²) in [5.41, 5.74) is 3.45. The van der Waals surface area contributed by atoms with Gasteiger partial charge in [0.1, 0.15) is 0 Å². The minimum atomic E-state index is -0.843. The van der Waals surface area contributed by atoms with Gasteiger partial charge in [-0.15, -0.1) is 0 Å². The first-order valence-electron chi connectivity index (χ1n) is 18.8. The molecule has 0 aromatic heterocycles. The zero-order valence-corrected chi connectivity index (χ0v) is 29.7. The lowest BCUT2D eigenvalue weighted by Crippen LogP contribution is -2.40. The molecule has 2 aromatic rings. The smallest absolute Gasteiger partial charge is 0.303 e. The third-order valence-electron chi connectivity index (χ3n) is 9.22. The van der Waals surface area contributed by atoms with Gasteiger partial charge in [0.15, 0.2) is 6.29 Å². The number of nitrogens with zero attached hydrogens (tertiary/aromatic N) is 1. The molecule has 0 aliphatic carbocycles. The van der Waals surface area contributed by atoms with Crippen molar-refractivity contribution in [2.24, 2.45) is 0 Å². The molecule has 8 heteroatoms. The summed E-state index contributed by atoms with van der Waals surface area (Å²) < 4.78 is 13.3. The van der Waals surface area contributed by atoms with E-state index in [4.69, 9.17) is 14.6 Å². The number of nitrogens with one attached hydrogen (secondary N) is 1. The number of unbranched alkanes of at least 4 members (excludes halogenated alkanes) is 11. The highest BCUT2D eigenvalue weighted by atomic mass is 16.7. The maximum Gasteiger partial charge on any atom is 0.303 e. The largest absolute Gasteiger partial charge is 0.481 e. The predicted molar refractivity (Wildman–Crippen MR) is 193 cm³/mol. The van der Waals surface area contributed by atoms with Crippen molar-refractivity contribution in [1.29, 1.82) is 0 Å². The fraction of sp³-hybridized carbons (Fsp3) is 0.650. The highest BCUT2D eigenvalue weighted by Crippen LogP contribution is 2.38. The van der Waals surface area contributed by atoms with Crippen LogP contribution in [0.1, 0.15) is 152 Å². The van der Waals surface area contributed by atoms with E-state index in [1.165, 1.54) is 77.0 Å². The second-order valence-corrected chi connectivity index (χ2v) is 13.5. The molecule has 1 heterocycles. The molecule has 0 saturated carbocycles. The van der Waals surface area contributed by atoms with Gasteiger partial charge in [0, 0.05) is 37.1 Å². The van der Waals surface area contributed by atoms with Gasteiger partial charge in [0.2, 0.25) is 5.91 Å². The molecule has 1 amide bonds. The average Bonchev–Trinajstić information content (AvgIpc) is 3.09. The molecule has 1 aliphatic rings. The third-order valence-corrected chi connectivity index (χ3v) is 9.22. The number of hydrogen-bond acceptors (Lipinski definition) is 6. The molecule has 268 valence electrons. The molecule has 0 radical (unpaired) electrons. The normalized spacial score (nSPS) is 17.9. The summed E-state index contributed by atoms with van der Waals surface area (Å²) >= 11 is 0. The van der Waals surface area contributed by atoms with Crippen molar-refractivity contribution < 1.29 is 29.3 Å². The van der Waals surface area contributed by atoms with Crippen LogP contribution in [0, 0.1) is 0 Å². The van der Waals surface area contributed by atoms with E-state index >= 15 is 0 Å². The summed E-state index contributed by atoms with van der Waals surface area (Å²) in [5, 5.41) is 21.4. The number of benzene rings is 2. The number of rotatable bonds is 25. The summed E-state index contributed by atoms with van der Waals surface area (Å²) in [6.07, 6.45) is 16.6. The summed E-state index contributed by atoms with van der Waals surface area (Å²) in [6, 6.07) is 15.6. The standard InChI is InChI=1S/C40H62N2O6/c1-3-5-7-9-11-15-26-42(27-16-12-10-8-6-4-2)30-36-29-37(33-24-22-32(31-43)23-25-33)48-40(47-36)34-18-17-19-35(28-34)41-38(44)20-13-14-21-39(45)46/h17-19,22-25,28,36-37,40,43H,3-16,20-21,26-27,29-31H2,1-2H3,(H,41,44)(H,45,46)/t36-,37+,40+/m0/s1. The zero-order valence-electron chi connectivity index (χ0n) is 29.7. The van der Waals surface area contributed by atoms with Crippen molar-refractivity contribution in [2.45, 2.75) is 148 Å². The molecular formula is C40H62N2O6. The third kappa shape index (κ3) is 15.6. The molecule has 1 aliphatic heterocycles. The maximum atomic E-state index is 12.6. The van der Waals surface area contributed by atoms with Crippen molar-refractivity contribution in [1.82, 2.24) is 4.90 Å². The van der Waals surface area contributed by atoms with E-state index < -0.39 is 12.3 Å². The Morgan fingerprint density at radius 1 is 0.771 bits per heavy atom. The Hall–Kier alpha value is -2.78. The molecule has 48 heavy (non-hydrogen) atoms. The topological polar surface area (TPSA) is 108 Å². The average molecular weight is 667 g/mol. The number of aliphatic hydroxyl groups is 1. The van der Waals surface area contributed by atoms with Crippen LogP contribution >= 0.6 is 0 Å². The molecule has 8 nitrogen and oxygen atoms in total. The van der Waals surface area contributed by atoms with E-state index in [9.17, 15) is 14.7 Å². The molecule has 0 bridgehead atoms. The van der Waals surface area contributed by atoms with Crippen molar-refractivity contribution in [3.63, 3.8) is 0 Å². The summed E-state index contributed by atoms with van der Waals surface area (Å²) in [4.78, 5) is 26.0. The molecule has 3 rings (SSSR count). The second kappa shape index (κ2) is 23.6. The van der Waals surface area contributed by atoms with E-state index in [-0.39, 0.29) is 37.6 Å². The van der Waals surface area contributed by atoms with Crippen LogP contribution in [0.4, 0.5) is 5.69 Å². The molecule has 1 saturated heterocycles. The maximum absolute atomic E-state index is 12.6. The number of carbonyl (C=O) groups excluding carboxylic acids is 1. The van der Waals surface area contributed by atoms with Crippen LogP contribution in [0.15, 0.2) is 48.5 Å². The Bertz CT molecular complexity index is 1160. The number of aliphatic carboxylic acids is 1. The molecule has 1 fully saturated rings. The number of aliphatic hydroxyl groups excluding tert-OH is 1. The molecule has 2 aromatic carbocycles. The SMILES string of the molecule is CCCCCCCCN(CCCCCCCC)C[C@@H]1C[C@H](c2ccc(CO)cc2)O[C@H](c2cccc(NC(=O)CCCCC(=O)O)c2)O1. The van der Waals surface area contributed by atoms with E-state index in [1.54, 1.807) is 0 Å². The lowest BCUT2D eigenvalue weighted by atomic mass is 9.99. The van der Waals surface area contributed by atoms with E-state index in [0.29, 0.717) is 18.5 Å². The predicted octanol–water partition coefficient (Wildman–Crippen LogP) is 9.33. The zero-order chi connectivity index (χ0) is 34.4. The Morgan fingerprint density at radius 3 is 2.02 bits per heavy atom. The van der Waals surface area contributed by atoms with Gasteiger partial charge in [0.05, 0.1) is 18.8 Å². The minimum Gasteiger partial charge on any atom is -0.481 e. The van der Waals surface area contributed by atoms with Gasteiger partial charge in [-0.2, -0.15) is 0 Å². The van der Waals surface area contributed by atoms with Crippen LogP contribution in [0.3, 0.4) is 0 Å². The van der Waals surface area contributed by atoms with Crippen molar-refractivity contribution in [2.75, 3.05) is 25.0 Å². The summed E-state index contributed by atoms with van der Waals surface area (Å²) in [6.45, 7) is 7.54. The van der Waals surface area contributed by atoms with Gasteiger partial charge in [-0.1, -0.05) is 114 Å². The number of amides is 1. The Labute approximate surface area is 289 Å². The molecule has 3 atom stereocenters.